The molecule has 0 bridgehead atoms. The van der Waals surface area contributed by atoms with Crippen molar-refractivity contribution in [3.05, 3.63) is 69.2 Å². The molecule has 25 heavy (non-hydrogen) atoms. The summed E-state index contributed by atoms with van der Waals surface area (Å²) >= 11 is 11.9. The second kappa shape index (κ2) is 7.68. The third-order valence-corrected chi connectivity index (χ3v) is 4.79. The summed E-state index contributed by atoms with van der Waals surface area (Å²) in [4.78, 5) is 16.3. The van der Waals surface area contributed by atoms with Crippen molar-refractivity contribution in [3.63, 3.8) is 0 Å². The van der Waals surface area contributed by atoms with Gasteiger partial charge in [0, 0.05) is 43.3 Å². The van der Waals surface area contributed by atoms with Crippen LogP contribution >= 0.6 is 23.2 Å². The Kier molecular flexibility index (Phi) is 5.57. The number of halogens is 4. The van der Waals surface area contributed by atoms with Gasteiger partial charge in [0.2, 0.25) is 0 Å². The molecule has 0 saturated carbocycles. The predicted molar refractivity (Wildman–Crippen MR) is 94.0 cm³/mol. The molecule has 1 fully saturated rings. The Bertz CT molecular complexity index is 793. The van der Waals surface area contributed by atoms with E-state index in [0.29, 0.717) is 53.9 Å². The van der Waals surface area contributed by atoms with Gasteiger partial charge in [-0.2, -0.15) is 0 Å². The van der Waals surface area contributed by atoms with Crippen LogP contribution in [0, 0.1) is 11.6 Å². The largest absolute Gasteiger partial charge is 0.336 e. The maximum Gasteiger partial charge on any atom is 0.255 e. The Hall–Kier alpha value is -1.69. The molecule has 1 saturated heterocycles. The number of hydrogen-bond donors (Lipinski definition) is 0. The summed E-state index contributed by atoms with van der Waals surface area (Å²) in [5, 5.41) is 0.797. The van der Waals surface area contributed by atoms with Crippen molar-refractivity contribution in [3.8, 4) is 0 Å². The molecule has 2 aromatic carbocycles. The predicted octanol–water partition coefficient (Wildman–Crippen LogP) is 4.23. The van der Waals surface area contributed by atoms with Gasteiger partial charge in [0.25, 0.3) is 5.91 Å². The highest BCUT2D eigenvalue weighted by molar-refractivity contribution is 6.36. The summed E-state index contributed by atoms with van der Waals surface area (Å²) < 4.78 is 27.1. The van der Waals surface area contributed by atoms with Gasteiger partial charge in [-0.1, -0.05) is 35.3 Å². The molecule has 0 radical (unpaired) electrons. The lowest BCUT2D eigenvalue weighted by Crippen LogP contribution is -2.48. The fraction of sp³-hybridized carbons (Fsp3) is 0.278. The van der Waals surface area contributed by atoms with Gasteiger partial charge in [-0.05, 0) is 24.3 Å². The minimum absolute atomic E-state index is 0.154. The zero-order chi connectivity index (χ0) is 18.0. The van der Waals surface area contributed by atoms with Crippen LogP contribution in [0.15, 0.2) is 36.4 Å². The molecule has 1 aliphatic heterocycles. The summed E-state index contributed by atoms with van der Waals surface area (Å²) in [6.07, 6.45) is 0. The smallest absolute Gasteiger partial charge is 0.255 e. The first-order valence-corrected chi connectivity index (χ1v) is 8.61. The molecule has 0 aliphatic carbocycles. The highest BCUT2D eigenvalue weighted by Crippen LogP contribution is 2.23. The highest BCUT2D eigenvalue weighted by Gasteiger charge is 2.24. The van der Waals surface area contributed by atoms with Crippen LogP contribution in [-0.4, -0.2) is 41.9 Å². The van der Waals surface area contributed by atoms with Crippen molar-refractivity contribution in [2.24, 2.45) is 0 Å². The third kappa shape index (κ3) is 4.11. The molecule has 3 rings (SSSR count). The number of benzene rings is 2. The van der Waals surface area contributed by atoms with E-state index in [1.54, 1.807) is 29.2 Å². The Balaban J connectivity index is 1.61. The average Bonchev–Trinajstić information content (AvgIpc) is 2.59. The number of rotatable bonds is 3. The van der Waals surface area contributed by atoms with Crippen LogP contribution in [0.4, 0.5) is 8.78 Å². The summed E-state index contributed by atoms with van der Waals surface area (Å²) in [7, 11) is 0. The zero-order valence-corrected chi connectivity index (χ0v) is 14.8. The molecule has 7 heteroatoms. The summed E-state index contributed by atoms with van der Waals surface area (Å²) in [5.74, 6) is -1.81. The van der Waals surface area contributed by atoms with Crippen LogP contribution in [0.5, 0.6) is 0 Å². The molecule has 0 spiro atoms. The topological polar surface area (TPSA) is 23.6 Å². The van der Waals surface area contributed by atoms with Crippen LogP contribution in [0.3, 0.4) is 0 Å². The van der Waals surface area contributed by atoms with Crippen molar-refractivity contribution < 1.29 is 13.6 Å². The molecular weight excluding hydrogens is 369 g/mol. The molecule has 0 unspecified atom stereocenters. The molecule has 0 atom stereocenters. The molecular formula is C18H16Cl2F2N2O. The fourth-order valence-corrected chi connectivity index (χ4v) is 3.34. The zero-order valence-electron chi connectivity index (χ0n) is 13.3. The quantitative estimate of drug-likeness (QED) is 0.790. The van der Waals surface area contributed by atoms with Gasteiger partial charge in [0.1, 0.15) is 0 Å². The van der Waals surface area contributed by atoms with Gasteiger partial charge in [-0.15, -0.1) is 0 Å². The highest BCUT2D eigenvalue weighted by atomic mass is 35.5. The van der Waals surface area contributed by atoms with Gasteiger partial charge >= 0.3 is 0 Å². The maximum absolute atomic E-state index is 13.8. The van der Waals surface area contributed by atoms with Crippen LogP contribution in [-0.2, 0) is 6.54 Å². The van der Waals surface area contributed by atoms with Gasteiger partial charge < -0.3 is 4.90 Å². The SMILES string of the molecule is O=C(c1ccc(Cl)cc1Cl)N1CCN(Cc2cccc(F)c2F)CC1. The number of hydrogen-bond acceptors (Lipinski definition) is 2. The Morgan fingerprint density at radius 3 is 2.44 bits per heavy atom. The summed E-state index contributed by atoms with van der Waals surface area (Å²) in [5.41, 5.74) is 0.733. The maximum atomic E-state index is 13.8. The Morgan fingerprint density at radius 2 is 1.76 bits per heavy atom. The normalized spacial score (nSPS) is 15.4. The van der Waals surface area contributed by atoms with E-state index in [4.69, 9.17) is 23.2 Å². The van der Waals surface area contributed by atoms with Gasteiger partial charge in [0.15, 0.2) is 11.6 Å². The van der Waals surface area contributed by atoms with Gasteiger partial charge in [-0.3, -0.25) is 9.69 Å². The fourth-order valence-electron chi connectivity index (χ4n) is 2.85. The van der Waals surface area contributed by atoms with E-state index >= 15 is 0 Å². The molecule has 132 valence electrons. The molecule has 1 heterocycles. The Labute approximate surface area is 154 Å². The molecule has 0 aromatic heterocycles. The molecule has 1 amide bonds. The first-order chi connectivity index (χ1) is 12.0. The molecule has 2 aromatic rings. The van der Waals surface area contributed by atoms with E-state index in [9.17, 15) is 13.6 Å². The second-order valence-corrected chi connectivity index (χ2v) is 6.75. The lowest BCUT2D eigenvalue weighted by molar-refractivity contribution is 0.0627. The number of amides is 1. The number of carbonyl (C=O) groups excluding carboxylic acids is 1. The van der Waals surface area contributed by atoms with Crippen LogP contribution < -0.4 is 0 Å². The molecule has 1 aliphatic rings. The van der Waals surface area contributed by atoms with Crippen molar-refractivity contribution in [1.29, 1.82) is 0 Å². The number of carbonyl (C=O) groups is 1. The first kappa shape index (κ1) is 18.1. The second-order valence-electron chi connectivity index (χ2n) is 5.91. The standard InChI is InChI=1S/C18H16Cl2F2N2O/c19-13-4-5-14(15(20)10-13)18(25)24-8-6-23(7-9-24)11-12-2-1-3-16(21)17(12)22/h1-5,10H,6-9,11H2. The molecule has 0 N–H and O–H groups in total. The lowest BCUT2D eigenvalue weighted by atomic mass is 10.1. The Morgan fingerprint density at radius 1 is 1.04 bits per heavy atom. The van der Waals surface area contributed by atoms with Gasteiger partial charge in [-0.25, -0.2) is 8.78 Å². The third-order valence-electron chi connectivity index (χ3n) is 4.25. The van der Waals surface area contributed by atoms with E-state index in [0.717, 1.165) is 6.07 Å². The lowest BCUT2D eigenvalue weighted by Gasteiger charge is -2.35. The number of piperazine rings is 1. The van der Waals surface area contributed by atoms with E-state index in [1.165, 1.54) is 6.07 Å². The summed E-state index contributed by atoms with van der Waals surface area (Å²) in [6.45, 7) is 2.45. The molecule has 3 nitrogen and oxygen atoms in total. The van der Waals surface area contributed by atoms with Crippen LogP contribution in [0.25, 0.3) is 0 Å². The van der Waals surface area contributed by atoms with Crippen molar-refractivity contribution in [2.45, 2.75) is 6.54 Å². The van der Waals surface area contributed by atoms with E-state index in [-0.39, 0.29) is 5.91 Å². The number of nitrogens with zero attached hydrogens (tertiary/aromatic N) is 2. The average molecular weight is 385 g/mol. The first-order valence-electron chi connectivity index (χ1n) is 7.85. The van der Waals surface area contributed by atoms with Gasteiger partial charge in [0.05, 0.1) is 10.6 Å². The minimum Gasteiger partial charge on any atom is -0.336 e. The van der Waals surface area contributed by atoms with Crippen molar-refractivity contribution in [2.75, 3.05) is 26.2 Å². The van der Waals surface area contributed by atoms with Crippen molar-refractivity contribution >= 4 is 29.1 Å². The summed E-state index contributed by atoms with van der Waals surface area (Å²) in [6, 6.07) is 8.95. The van der Waals surface area contributed by atoms with E-state index < -0.39 is 11.6 Å². The van der Waals surface area contributed by atoms with Crippen molar-refractivity contribution in [1.82, 2.24) is 9.80 Å². The van der Waals surface area contributed by atoms with E-state index in [1.807, 2.05) is 4.90 Å². The van der Waals surface area contributed by atoms with Crippen LogP contribution in [0.2, 0.25) is 10.0 Å². The monoisotopic (exact) mass is 384 g/mol. The van der Waals surface area contributed by atoms with Crippen LogP contribution in [0.1, 0.15) is 15.9 Å². The van der Waals surface area contributed by atoms with E-state index in [2.05, 4.69) is 0 Å². The minimum atomic E-state index is -0.844.